The molecular formula is C11H9BrClN3O. The van der Waals surface area contributed by atoms with E-state index in [0.29, 0.717) is 22.5 Å². The SMILES string of the molecule is NNc1cccc(Oc2ccc(Cl)cc2Br)n1. The lowest BCUT2D eigenvalue weighted by atomic mass is 10.3. The van der Waals surface area contributed by atoms with E-state index < -0.39 is 0 Å². The van der Waals surface area contributed by atoms with Crippen molar-refractivity contribution in [3.05, 3.63) is 45.9 Å². The van der Waals surface area contributed by atoms with Gasteiger partial charge in [-0.15, -0.1) is 0 Å². The number of halogens is 2. The second-order valence-corrected chi connectivity index (χ2v) is 4.47. The number of benzene rings is 1. The molecular weight excluding hydrogens is 305 g/mol. The summed E-state index contributed by atoms with van der Waals surface area (Å²) in [5, 5.41) is 0.634. The Balaban J connectivity index is 2.25. The second-order valence-electron chi connectivity index (χ2n) is 3.18. The van der Waals surface area contributed by atoms with Crippen molar-refractivity contribution in [1.82, 2.24) is 4.98 Å². The van der Waals surface area contributed by atoms with Crippen LogP contribution in [0.4, 0.5) is 5.82 Å². The summed E-state index contributed by atoms with van der Waals surface area (Å²) in [6.45, 7) is 0. The lowest BCUT2D eigenvalue weighted by Gasteiger charge is -2.08. The second kappa shape index (κ2) is 5.35. The molecule has 0 aliphatic rings. The molecule has 1 aromatic carbocycles. The number of nitrogens with zero attached hydrogens (tertiary/aromatic N) is 1. The zero-order valence-electron chi connectivity index (χ0n) is 8.65. The standard InChI is InChI=1S/C11H9BrClN3O/c12-8-6-7(13)4-5-9(8)17-11-3-1-2-10(15-11)16-14/h1-6H,14H2,(H,15,16). The lowest BCUT2D eigenvalue weighted by Crippen LogP contribution is -2.08. The number of anilines is 1. The van der Waals surface area contributed by atoms with Gasteiger partial charge in [0.1, 0.15) is 11.6 Å². The normalized spacial score (nSPS) is 10.1. The Labute approximate surface area is 112 Å². The molecule has 0 aliphatic heterocycles. The van der Waals surface area contributed by atoms with E-state index in [0.717, 1.165) is 4.47 Å². The smallest absolute Gasteiger partial charge is 0.221 e. The summed E-state index contributed by atoms with van der Waals surface area (Å²) in [5.74, 6) is 6.88. The molecule has 0 saturated heterocycles. The van der Waals surface area contributed by atoms with Crippen LogP contribution in [-0.2, 0) is 0 Å². The van der Waals surface area contributed by atoms with Crippen LogP contribution in [0.2, 0.25) is 5.02 Å². The third kappa shape index (κ3) is 3.09. The Bertz CT molecular complexity index is 536. The van der Waals surface area contributed by atoms with Crippen LogP contribution in [0.1, 0.15) is 0 Å². The number of rotatable bonds is 3. The van der Waals surface area contributed by atoms with Crippen LogP contribution in [0.25, 0.3) is 0 Å². The first-order chi connectivity index (χ1) is 8.19. The zero-order valence-corrected chi connectivity index (χ0v) is 11.0. The molecule has 3 N–H and O–H groups in total. The average Bonchev–Trinajstić information content (AvgIpc) is 2.33. The number of hydrazine groups is 1. The van der Waals surface area contributed by atoms with Crippen molar-refractivity contribution in [3.8, 4) is 11.6 Å². The van der Waals surface area contributed by atoms with Crippen LogP contribution in [0.5, 0.6) is 11.6 Å². The fourth-order valence-corrected chi connectivity index (χ4v) is 1.99. The van der Waals surface area contributed by atoms with Gasteiger partial charge in [-0.25, -0.2) is 5.84 Å². The predicted molar refractivity (Wildman–Crippen MR) is 71.3 cm³/mol. The van der Waals surface area contributed by atoms with E-state index in [4.69, 9.17) is 22.2 Å². The molecule has 0 radical (unpaired) electrons. The van der Waals surface area contributed by atoms with Crippen LogP contribution >= 0.6 is 27.5 Å². The van der Waals surface area contributed by atoms with Gasteiger partial charge in [0.15, 0.2) is 0 Å². The summed E-state index contributed by atoms with van der Waals surface area (Å²) in [7, 11) is 0. The number of nitrogens with one attached hydrogen (secondary N) is 1. The summed E-state index contributed by atoms with van der Waals surface area (Å²) in [6.07, 6.45) is 0. The van der Waals surface area contributed by atoms with E-state index in [1.807, 2.05) is 0 Å². The van der Waals surface area contributed by atoms with Crippen molar-refractivity contribution in [2.24, 2.45) is 5.84 Å². The number of pyridine rings is 1. The highest BCUT2D eigenvalue weighted by Crippen LogP contribution is 2.31. The maximum absolute atomic E-state index is 5.84. The lowest BCUT2D eigenvalue weighted by molar-refractivity contribution is 0.461. The summed E-state index contributed by atoms with van der Waals surface area (Å²) >= 11 is 9.20. The molecule has 0 amide bonds. The molecule has 6 heteroatoms. The number of nitrogen functional groups attached to an aromatic ring is 1. The molecule has 2 rings (SSSR count). The Morgan fingerprint density at radius 3 is 2.82 bits per heavy atom. The number of ether oxygens (including phenoxy) is 1. The van der Waals surface area contributed by atoms with Crippen molar-refractivity contribution < 1.29 is 4.74 Å². The molecule has 0 fully saturated rings. The van der Waals surface area contributed by atoms with Crippen LogP contribution in [0, 0.1) is 0 Å². The van der Waals surface area contributed by atoms with E-state index in [1.165, 1.54) is 0 Å². The van der Waals surface area contributed by atoms with Crippen molar-refractivity contribution in [2.45, 2.75) is 0 Å². The van der Waals surface area contributed by atoms with Crippen LogP contribution in [0.15, 0.2) is 40.9 Å². The van der Waals surface area contributed by atoms with Crippen molar-refractivity contribution in [3.63, 3.8) is 0 Å². The number of hydrogen-bond donors (Lipinski definition) is 2. The van der Waals surface area contributed by atoms with Crippen molar-refractivity contribution >= 4 is 33.3 Å². The van der Waals surface area contributed by atoms with E-state index >= 15 is 0 Å². The molecule has 88 valence electrons. The van der Waals surface area contributed by atoms with Gasteiger partial charge < -0.3 is 10.2 Å². The summed E-state index contributed by atoms with van der Waals surface area (Å²) < 4.78 is 6.36. The predicted octanol–water partition coefficient (Wildman–Crippen LogP) is 3.58. The Morgan fingerprint density at radius 1 is 1.29 bits per heavy atom. The zero-order chi connectivity index (χ0) is 12.3. The first-order valence-electron chi connectivity index (χ1n) is 4.75. The molecule has 0 unspecified atom stereocenters. The maximum atomic E-state index is 5.84. The highest BCUT2D eigenvalue weighted by Gasteiger charge is 2.04. The first-order valence-corrected chi connectivity index (χ1v) is 5.93. The van der Waals surface area contributed by atoms with Crippen LogP contribution in [-0.4, -0.2) is 4.98 Å². The van der Waals surface area contributed by atoms with E-state index in [1.54, 1.807) is 36.4 Å². The quantitative estimate of drug-likeness (QED) is 0.671. The van der Waals surface area contributed by atoms with E-state index in [-0.39, 0.29) is 0 Å². The highest BCUT2D eigenvalue weighted by atomic mass is 79.9. The molecule has 0 atom stereocenters. The first kappa shape index (κ1) is 12.2. The van der Waals surface area contributed by atoms with Crippen molar-refractivity contribution in [1.29, 1.82) is 0 Å². The number of nitrogens with two attached hydrogens (primary N) is 1. The van der Waals surface area contributed by atoms with Gasteiger partial charge in [0.2, 0.25) is 5.88 Å². The van der Waals surface area contributed by atoms with E-state index in [9.17, 15) is 0 Å². The third-order valence-electron chi connectivity index (χ3n) is 1.98. The molecule has 1 heterocycles. The molecule has 4 nitrogen and oxygen atoms in total. The Morgan fingerprint density at radius 2 is 2.12 bits per heavy atom. The van der Waals surface area contributed by atoms with Gasteiger partial charge in [0.25, 0.3) is 0 Å². The monoisotopic (exact) mass is 313 g/mol. The minimum atomic E-state index is 0.448. The van der Waals surface area contributed by atoms with Gasteiger partial charge in [-0.1, -0.05) is 17.7 Å². The highest BCUT2D eigenvalue weighted by molar-refractivity contribution is 9.10. The molecule has 2 aromatic rings. The molecule has 0 spiro atoms. The molecule has 0 aliphatic carbocycles. The molecule has 17 heavy (non-hydrogen) atoms. The molecule has 0 bridgehead atoms. The summed E-state index contributed by atoms with van der Waals surface area (Å²) in [6, 6.07) is 10.5. The van der Waals surface area contributed by atoms with E-state index in [2.05, 4.69) is 26.3 Å². The summed E-state index contributed by atoms with van der Waals surface area (Å²) in [4.78, 5) is 4.14. The molecule has 1 aromatic heterocycles. The fourth-order valence-electron chi connectivity index (χ4n) is 1.22. The maximum Gasteiger partial charge on any atom is 0.221 e. The van der Waals surface area contributed by atoms with Gasteiger partial charge in [0, 0.05) is 11.1 Å². The largest absolute Gasteiger partial charge is 0.438 e. The van der Waals surface area contributed by atoms with Gasteiger partial charge in [-0.05, 0) is 40.2 Å². The fraction of sp³-hybridized carbons (Fsp3) is 0. The topological polar surface area (TPSA) is 60.2 Å². The number of hydrogen-bond acceptors (Lipinski definition) is 4. The minimum Gasteiger partial charge on any atom is -0.438 e. The Kier molecular flexibility index (Phi) is 3.83. The van der Waals surface area contributed by atoms with Crippen LogP contribution < -0.4 is 16.0 Å². The van der Waals surface area contributed by atoms with Gasteiger partial charge in [0.05, 0.1) is 4.47 Å². The molecule has 0 saturated carbocycles. The number of aromatic nitrogens is 1. The van der Waals surface area contributed by atoms with Crippen molar-refractivity contribution in [2.75, 3.05) is 5.43 Å². The van der Waals surface area contributed by atoms with Crippen LogP contribution in [0.3, 0.4) is 0 Å². The van der Waals surface area contributed by atoms with Gasteiger partial charge >= 0.3 is 0 Å². The minimum absolute atomic E-state index is 0.448. The third-order valence-corrected chi connectivity index (χ3v) is 2.83. The van der Waals surface area contributed by atoms with Gasteiger partial charge in [-0.3, -0.25) is 0 Å². The summed E-state index contributed by atoms with van der Waals surface area (Å²) in [5.41, 5.74) is 2.45. The Hall–Kier alpha value is -1.30. The average molecular weight is 315 g/mol. The van der Waals surface area contributed by atoms with Gasteiger partial charge in [-0.2, -0.15) is 4.98 Å².